The minimum atomic E-state index is 0.0163. The van der Waals surface area contributed by atoms with Gasteiger partial charge in [0.1, 0.15) is 0 Å². The highest BCUT2D eigenvalue weighted by Crippen LogP contribution is 2.26. The van der Waals surface area contributed by atoms with Gasteiger partial charge in [-0.1, -0.05) is 37.3 Å². The highest BCUT2D eigenvalue weighted by molar-refractivity contribution is 5.92. The Labute approximate surface area is 143 Å². The summed E-state index contributed by atoms with van der Waals surface area (Å²) in [4.78, 5) is 12.2. The van der Waals surface area contributed by atoms with Gasteiger partial charge in [-0.05, 0) is 43.0 Å². The van der Waals surface area contributed by atoms with Crippen LogP contribution in [0.15, 0.2) is 42.5 Å². The number of carbonyl (C=O) groups excluding carboxylic acids is 1. The fourth-order valence-corrected chi connectivity index (χ4v) is 2.56. The minimum absolute atomic E-state index is 0.0163. The van der Waals surface area contributed by atoms with Crippen LogP contribution < -0.4 is 14.8 Å². The second-order valence-corrected chi connectivity index (χ2v) is 5.61. The summed E-state index contributed by atoms with van der Waals surface area (Å²) in [5, 5.41) is 3.03. The smallest absolute Gasteiger partial charge is 0.224 e. The third-order valence-electron chi connectivity index (χ3n) is 3.88. The van der Waals surface area contributed by atoms with Gasteiger partial charge in [0, 0.05) is 12.1 Å². The topological polar surface area (TPSA) is 47.6 Å². The molecule has 0 saturated carbocycles. The Morgan fingerprint density at radius 3 is 2.54 bits per heavy atom. The molecule has 1 N–H and O–H groups in total. The molecule has 0 atom stereocenters. The number of methoxy groups -OCH3 is 1. The summed E-state index contributed by atoms with van der Waals surface area (Å²) in [5.41, 5.74) is 3.19. The molecule has 0 aromatic heterocycles. The quantitative estimate of drug-likeness (QED) is 0.733. The van der Waals surface area contributed by atoms with Gasteiger partial charge in [0.25, 0.3) is 0 Å². The van der Waals surface area contributed by atoms with Crippen LogP contribution in [0.5, 0.6) is 11.5 Å². The number of anilines is 1. The second kappa shape index (κ2) is 8.96. The second-order valence-electron chi connectivity index (χ2n) is 5.61. The van der Waals surface area contributed by atoms with Crippen LogP contribution in [0, 0.1) is 6.92 Å². The fraction of sp³-hybridized carbons (Fsp3) is 0.350. The van der Waals surface area contributed by atoms with Gasteiger partial charge in [0.05, 0.1) is 13.7 Å². The summed E-state index contributed by atoms with van der Waals surface area (Å²) in [6, 6.07) is 13.6. The first-order valence-electron chi connectivity index (χ1n) is 8.29. The van der Waals surface area contributed by atoms with Gasteiger partial charge in [0.2, 0.25) is 5.91 Å². The molecule has 2 aromatic carbocycles. The summed E-state index contributed by atoms with van der Waals surface area (Å²) < 4.78 is 10.9. The molecule has 0 aliphatic heterocycles. The van der Waals surface area contributed by atoms with E-state index in [2.05, 4.69) is 12.2 Å². The van der Waals surface area contributed by atoms with Gasteiger partial charge in [-0.3, -0.25) is 4.79 Å². The molecular formula is C20H25NO3. The molecule has 0 fully saturated rings. The van der Waals surface area contributed by atoms with E-state index in [1.54, 1.807) is 7.11 Å². The van der Waals surface area contributed by atoms with E-state index in [1.807, 2.05) is 49.4 Å². The van der Waals surface area contributed by atoms with Crippen molar-refractivity contribution in [3.63, 3.8) is 0 Å². The van der Waals surface area contributed by atoms with Gasteiger partial charge in [-0.15, -0.1) is 0 Å². The molecule has 2 rings (SSSR count). The van der Waals surface area contributed by atoms with Crippen molar-refractivity contribution in [2.45, 2.75) is 33.1 Å². The Hall–Kier alpha value is -2.49. The normalized spacial score (nSPS) is 10.3. The number of carbonyl (C=O) groups is 1. The molecule has 1 amide bonds. The molecule has 0 aliphatic rings. The Morgan fingerprint density at radius 2 is 1.83 bits per heavy atom. The van der Waals surface area contributed by atoms with Crippen molar-refractivity contribution in [1.29, 1.82) is 0 Å². The summed E-state index contributed by atoms with van der Waals surface area (Å²) in [7, 11) is 1.61. The van der Waals surface area contributed by atoms with Gasteiger partial charge in [-0.25, -0.2) is 0 Å². The molecule has 128 valence electrons. The number of rotatable bonds is 8. The zero-order chi connectivity index (χ0) is 17.4. The Bertz CT molecular complexity index is 682. The van der Waals surface area contributed by atoms with Crippen molar-refractivity contribution in [2.24, 2.45) is 0 Å². The molecule has 0 unspecified atom stereocenters. The highest BCUT2D eigenvalue weighted by atomic mass is 16.5. The van der Waals surface area contributed by atoms with E-state index in [0.29, 0.717) is 30.9 Å². The van der Waals surface area contributed by atoms with E-state index in [1.165, 1.54) is 0 Å². The van der Waals surface area contributed by atoms with Crippen LogP contribution in [0.2, 0.25) is 0 Å². The Morgan fingerprint density at radius 1 is 1.08 bits per heavy atom. The minimum Gasteiger partial charge on any atom is -0.493 e. The maximum absolute atomic E-state index is 12.2. The molecule has 0 spiro atoms. The maximum atomic E-state index is 12.2. The van der Waals surface area contributed by atoms with E-state index in [-0.39, 0.29) is 5.91 Å². The predicted molar refractivity (Wildman–Crippen MR) is 96.9 cm³/mol. The van der Waals surface area contributed by atoms with Crippen LogP contribution in [0.1, 0.15) is 30.9 Å². The molecule has 4 heteroatoms. The van der Waals surface area contributed by atoms with Gasteiger partial charge >= 0.3 is 0 Å². The van der Waals surface area contributed by atoms with Gasteiger partial charge in [0.15, 0.2) is 11.5 Å². The third-order valence-corrected chi connectivity index (χ3v) is 3.88. The summed E-state index contributed by atoms with van der Waals surface area (Å²) in [6.07, 6.45) is 1.97. The van der Waals surface area contributed by atoms with Gasteiger partial charge in [-0.2, -0.15) is 0 Å². The number of aryl methyl sites for hydroxylation is 2. The first-order valence-corrected chi connectivity index (χ1v) is 8.29. The molecule has 4 nitrogen and oxygen atoms in total. The van der Waals surface area contributed by atoms with E-state index in [4.69, 9.17) is 9.47 Å². The molecule has 2 aromatic rings. The predicted octanol–water partition coefficient (Wildman–Crippen LogP) is 4.36. The SMILES string of the molecule is CCc1cccc(C)c1NC(=O)CCCOc1ccccc1OC. The van der Waals surface area contributed by atoms with Crippen LogP contribution in [0.3, 0.4) is 0 Å². The molecular weight excluding hydrogens is 302 g/mol. The maximum Gasteiger partial charge on any atom is 0.224 e. The first-order chi connectivity index (χ1) is 11.7. The van der Waals surface area contributed by atoms with E-state index >= 15 is 0 Å². The van der Waals surface area contributed by atoms with Crippen LogP contribution in [-0.4, -0.2) is 19.6 Å². The van der Waals surface area contributed by atoms with Crippen molar-refractivity contribution in [3.8, 4) is 11.5 Å². The van der Waals surface area contributed by atoms with Crippen LogP contribution in [-0.2, 0) is 11.2 Å². The lowest BCUT2D eigenvalue weighted by molar-refractivity contribution is -0.116. The van der Waals surface area contributed by atoms with Crippen molar-refractivity contribution in [3.05, 3.63) is 53.6 Å². The monoisotopic (exact) mass is 327 g/mol. The fourth-order valence-electron chi connectivity index (χ4n) is 2.56. The average molecular weight is 327 g/mol. The van der Waals surface area contributed by atoms with E-state index in [9.17, 15) is 4.79 Å². The van der Waals surface area contributed by atoms with Crippen molar-refractivity contribution < 1.29 is 14.3 Å². The summed E-state index contributed by atoms with van der Waals surface area (Å²) >= 11 is 0. The first kappa shape index (κ1) is 17.9. The lowest BCUT2D eigenvalue weighted by Crippen LogP contribution is -2.15. The Balaban J connectivity index is 1.82. The Kier molecular flexibility index (Phi) is 6.67. The van der Waals surface area contributed by atoms with Crippen molar-refractivity contribution >= 4 is 11.6 Å². The number of ether oxygens (including phenoxy) is 2. The molecule has 0 heterocycles. The number of para-hydroxylation sites is 3. The molecule has 0 bridgehead atoms. The number of benzene rings is 2. The van der Waals surface area contributed by atoms with Crippen LogP contribution in [0.25, 0.3) is 0 Å². The number of hydrogen-bond donors (Lipinski definition) is 1. The van der Waals surface area contributed by atoms with Crippen LogP contribution in [0.4, 0.5) is 5.69 Å². The number of amides is 1. The number of hydrogen-bond acceptors (Lipinski definition) is 3. The van der Waals surface area contributed by atoms with Crippen molar-refractivity contribution in [1.82, 2.24) is 0 Å². The van der Waals surface area contributed by atoms with E-state index < -0.39 is 0 Å². The van der Waals surface area contributed by atoms with Crippen molar-refractivity contribution in [2.75, 3.05) is 19.0 Å². The number of nitrogens with one attached hydrogen (secondary N) is 1. The van der Waals surface area contributed by atoms with E-state index in [0.717, 1.165) is 23.2 Å². The molecule has 0 aliphatic carbocycles. The standard InChI is InChI=1S/C20H25NO3/c1-4-16-10-7-9-15(2)20(16)21-19(22)13-8-14-24-18-12-6-5-11-17(18)23-3/h5-7,9-12H,4,8,13-14H2,1-3H3,(H,21,22). The lowest BCUT2D eigenvalue weighted by atomic mass is 10.1. The molecule has 24 heavy (non-hydrogen) atoms. The average Bonchev–Trinajstić information content (AvgIpc) is 2.60. The largest absolute Gasteiger partial charge is 0.493 e. The zero-order valence-electron chi connectivity index (χ0n) is 14.6. The molecule has 0 radical (unpaired) electrons. The summed E-state index contributed by atoms with van der Waals surface area (Å²) in [5.74, 6) is 1.42. The highest BCUT2D eigenvalue weighted by Gasteiger charge is 2.09. The third kappa shape index (κ3) is 4.75. The van der Waals surface area contributed by atoms with Crippen LogP contribution >= 0.6 is 0 Å². The van der Waals surface area contributed by atoms with Gasteiger partial charge < -0.3 is 14.8 Å². The zero-order valence-corrected chi connectivity index (χ0v) is 14.6. The molecule has 0 saturated heterocycles. The lowest BCUT2D eigenvalue weighted by Gasteiger charge is -2.13. The summed E-state index contributed by atoms with van der Waals surface area (Å²) in [6.45, 7) is 4.58.